The quantitative estimate of drug-likeness (QED) is 0.606. The lowest BCUT2D eigenvalue weighted by Gasteiger charge is -2.14. The minimum absolute atomic E-state index is 0.118. The van der Waals surface area contributed by atoms with Gasteiger partial charge in [-0.05, 0) is 17.7 Å². The normalized spacial score (nSPS) is 12.5. The monoisotopic (exact) mass is 336 g/mol. The highest BCUT2D eigenvalue weighted by molar-refractivity contribution is 5.99. The van der Waals surface area contributed by atoms with Crippen molar-refractivity contribution in [1.29, 1.82) is 0 Å². The van der Waals surface area contributed by atoms with Gasteiger partial charge in [0, 0.05) is 12.0 Å². The minimum atomic E-state index is -4.46. The van der Waals surface area contributed by atoms with Crippen LogP contribution >= 0.6 is 0 Å². The highest BCUT2D eigenvalue weighted by Gasteiger charge is 2.30. The summed E-state index contributed by atoms with van der Waals surface area (Å²) in [5.74, 6) is -1.80. The van der Waals surface area contributed by atoms with E-state index in [1.807, 2.05) is 0 Å². The van der Waals surface area contributed by atoms with Crippen LogP contribution in [0.15, 0.2) is 54.6 Å². The molecule has 0 aromatic heterocycles. The molecule has 0 aliphatic carbocycles. The van der Waals surface area contributed by atoms with Gasteiger partial charge in [0.25, 0.3) is 0 Å². The van der Waals surface area contributed by atoms with Crippen LogP contribution in [-0.2, 0) is 15.7 Å². The number of hydrogen-bond donors (Lipinski definition) is 0. The Morgan fingerprint density at radius 1 is 1.00 bits per heavy atom. The van der Waals surface area contributed by atoms with Gasteiger partial charge in [-0.25, -0.2) is 0 Å². The number of alkyl halides is 3. The Labute approximate surface area is 137 Å². The van der Waals surface area contributed by atoms with Gasteiger partial charge in [-0.15, -0.1) is 0 Å². The molecule has 0 unspecified atom stereocenters. The molecule has 2 aromatic carbocycles. The molecule has 0 amide bonds. The van der Waals surface area contributed by atoms with Gasteiger partial charge < -0.3 is 4.74 Å². The van der Waals surface area contributed by atoms with Gasteiger partial charge in [0.15, 0.2) is 5.78 Å². The number of carbonyl (C=O) groups excluding carboxylic acids is 2. The molecule has 2 rings (SSSR count). The highest BCUT2D eigenvalue weighted by Crippen LogP contribution is 2.30. The van der Waals surface area contributed by atoms with E-state index in [0.29, 0.717) is 5.56 Å². The third-order valence-corrected chi connectivity index (χ3v) is 3.61. The Morgan fingerprint density at radius 2 is 1.58 bits per heavy atom. The summed E-state index contributed by atoms with van der Waals surface area (Å²) >= 11 is 0. The predicted molar refractivity (Wildman–Crippen MR) is 81.6 cm³/mol. The minimum Gasteiger partial charge on any atom is -0.469 e. The molecule has 1 atom stereocenters. The van der Waals surface area contributed by atoms with Crippen molar-refractivity contribution in [1.82, 2.24) is 0 Å². The fourth-order valence-corrected chi connectivity index (χ4v) is 2.31. The Kier molecular flexibility index (Phi) is 5.39. The molecule has 0 aliphatic rings. The molecule has 24 heavy (non-hydrogen) atoms. The van der Waals surface area contributed by atoms with Crippen molar-refractivity contribution in [2.75, 3.05) is 7.11 Å². The summed E-state index contributed by atoms with van der Waals surface area (Å²) in [6, 6.07) is 12.6. The van der Waals surface area contributed by atoms with E-state index in [2.05, 4.69) is 0 Å². The van der Waals surface area contributed by atoms with E-state index >= 15 is 0 Å². The third kappa shape index (κ3) is 4.22. The fraction of sp³-hybridized carbons (Fsp3) is 0.222. The lowest BCUT2D eigenvalue weighted by atomic mass is 9.91. The van der Waals surface area contributed by atoms with Gasteiger partial charge in [-0.3, -0.25) is 9.59 Å². The largest absolute Gasteiger partial charge is 0.469 e. The van der Waals surface area contributed by atoms with Crippen molar-refractivity contribution >= 4 is 11.8 Å². The number of ketones is 1. The van der Waals surface area contributed by atoms with E-state index in [0.717, 1.165) is 24.3 Å². The third-order valence-electron chi connectivity index (χ3n) is 3.61. The number of benzene rings is 2. The van der Waals surface area contributed by atoms with Gasteiger partial charge in [0.2, 0.25) is 0 Å². The van der Waals surface area contributed by atoms with Crippen molar-refractivity contribution < 1.29 is 27.5 Å². The lowest BCUT2D eigenvalue weighted by molar-refractivity contribution is -0.142. The fourth-order valence-electron chi connectivity index (χ4n) is 2.31. The van der Waals surface area contributed by atoms with E-state index in [4.69, 9.17) is 4.74 Å². The molecule has 3 nitrogen and oxygen atoms in total. The number of esters is 1. The van der Waals surface area contributed by atoms with Gasteiger partial charge in [0.1, 0.15) is 0 Å². The second-order valence-electron chi connectivity index (χ2n) is 5.19. The number of Topliss-reactive ketones (excluding diaryl/α,β-unsaturated/α-hetero) is 1. The van der Waals surface area contributed by atoms with Gasteiger partial charge >= 0.3 is 12.1 Å². The Balaban J connectivity index is 2.20. The van der Waals surface area contributed by atoms with Gasteiger partial charge in [0.05, 0.1) is 18.6 Å². The highest BCUT2D eigenvalue weighted by atomic mass is 19.4. The molecule has 0 saturated carbocycles. The summed E-state index contributed by atoms with van der Waals surface area (Å²) in [4.78, 5) is 24.3. The summed E-state index contributed by atoms with van der Waals surface area (Å²) < 4.78 is 42.4. The molecule has 0 N–H and O–H groups in total. The van der Waals surface area contributed by atoms with E-state index in [9.17, 15) is 22.8 Å². The first kappa shape index (κ1) is 17.7. The Hall–Kier alpha value is -2.63. The lowest BCUT2D eigenvalue weighted by Crippen LogP contribution is -2.18. The van der Waals surface area contributed by atoms with Crippen LogP contribution in [0.25, 0.3) is 0 Å². The maximum Gasteiger partial charge on any atom is 0.416 e. The average molecular weight is 336 g/mol. The molecule has 6 heteroatoms. The Bertz CT molecular complexity index is 707. The summed E-state index contributed by atoms with van der Waals surface area (Å²) in [5.41, 5.74) is -0.0935. The number of ether oxygens (including phenoxy) is 1. The van der Waals surface area contributed by atoms with Gasteiger partial charge in [-0.2, -0.15) is 13.2 Å². The molecule has 2 aromatic rings. The first-order valence-electron chi connectivity index (χ1n) is 7.16. The zero-order chi connectivity index (χ0) is 17.7. The van der Waals surface area contributed by atoms with Crippen LogP contribution in [0.2, 0.25) is 0 Å². The Morgan fingerprint density at radius 3 is 2.08 bits per heavy atom. The average Bonchev–Trinajstić information content (AvgIpc) is 2.59. The first-order chi connectivity index (χ1) is 11.3. The zero-order valence-corrected chi connectivity index (χ0v) is 12.8. The molecular weight excluding hydrogens is 321 g/mol. The molecule has 0 heterocycles. The maximum atomic E-state index is 12.6. The van der Waals surface area contributed by atoms with Crippen LogP contribution in [0.1, 0.15) is 33.8 Å². The number of hydrogen-bond acceptors (Lipinski definition) is 3. The summed E-state index contributed by atoms with van der Waals surface area (Å²) in [5, 5.41) is 0. The van der Waals surface area contributed by atoms with Crippen molar-refractivity contribution in [2.24, 2.45) is 0 Å². The molecule has 126 valence electrons. The second-order valence-corrected chi connectivity index (χ2v) is 5.19. The molecular formula is C18H15F3O3. The van der Waals surface area contributed by atoms with E-state index in [1.165, 1.54) is 7.11 Å². The topological polar surface area (TPSA) is 43.4 Å². The standard InChI is InChI=1S/C18H15F3O3/c1-24-17(23)15(12-5-3-2-4-6-12)11-16(22)13-7-9-14(10-8-13)18(19,20)21/h2-10,15H,11H2,1H3/t15-/m1/s1. The molecule has 0 fully saturated rings. The predicted octanol–water partition coefficient (Wildman–Crippen LogP) is 4.24. The van der Waals surface area contributed by atoms with Crippen molar-refractivity contribution in [3.63, 3.8) is 0 Å². The number of halogens is 3. The summed E-state index contributed by atoms with van der Waals surface area (Å²) in [6.07, 6.45) is -4.64. The molecule has 0 radical (unpaired) electrons. The van der Waals surface area contributed by atoms with Crippen molar-refractivity contribution in [3.05, 3.63) is 71.3 Å². The zero-order valence-electron chi connectivity index (χ0n) is 12.8. The smallest absolute Gasteiger partial charge is 0.416 e. The van der Waals surface area contributed by atoms with Crippen LogP contribution < -0.4 is 0 Å². The molecule has 0 bridgehead atoms. The van der Waals surface area contributed by atoms with Crippen LogP contribution in [0.4, 0.5) is 13.2 Å². The summed E-state index contributed by atoms with van der Waals surface area (Å²) in [7, 11) is 1.22. The second kappa shape index (κ2) is 7.29. The number of methoxy groups -OCH3 is 1. The first-order valence-corrected chi connectivity index (χ1v) is 7.16. The van der Waals surface area contributed by atoms with Crippen LogP contribution in [0, 0.1) is 0 Å². The molecule has 0 aliphatic heterocycles. The van der Waals surface area contributed by atoms with E-state index < -0.39 is 29.4 Å². The number of rotatable bonds is 5. The number of carbonyl (C=O) groups is 2. The molecule has 0 spiro atoms. The van der Waals surface area contributed by atoms with Crippen LogP contribution in [0.5, 0.6) is 0 Å². The van der Waals surface area contributed by atoms with E-state index in [1.54, 1.807) is 30.3 Å². The van der Waals surface area contributed by atoms with E-state index in [-0.39, 0.29) is 12.0 Å². The van der Waals surface area contributed by atoms with Crippen LogP contribution in [0.3, 0.4) is 0 Å². The van der Waals surface area contributed by atoms with Gasteiger partial charge in [-0.1, -0.05) is 42.5 Å². The van der Waals surface area contributed by atoms with Crippen LogP contribution in [-0.4, -0.2) is 18.9 Å². The summed E-state index contributed by atoms with van der Waals surface area (Å²) in [6.45, 7) is 0. The molecule has 0 saturated heterocycles. The maximum absolute atomic E-state index is 12.6. The van der Waals surface area contributed by atoms with Crippen molar-refractivity contribution in [2.45, 2.75) is 18.5 Å². The van der Waals surface area contributed by atoms with Crippen molar-refractivity contribution in [3.8, 4) is 0 Å². The SMILES string of the molecule is COC(=O)[C@H](CC(=O)c1ccc(C(F)(F)F)cc1)c1ccccc1.